The molecule has 0 amide bonds. The van der Waals surface area contributed by atoms with E-state index in [0.717, 1.165) is 0 Å². The summed E-state index contributed by atoms with van der Waals surface area (Å²) in [7, 11) is 0. The van der Waals surface area contributed by atoms with Crippen molar-refractivity contribution >= 4 is 6.29 Å². The van der Waals surface area contributed by atoms with Gasteiger partial charge in [-0.15, -0.1) is 0 Å². The number of rotatable bonds is 4. The van der Waals surface area contributed by atoms with Gasteiger partial charge in [0.05, 0.1) is 6.54 Å². The van der Waals surface area contributed by atoms with Crippen LogP contribution in [0, 0.1) is 0 Å². The van der Waals surface area contributed by atoms with Crippen molar-refractivity contribution in [1.82, 2.24) is 4.90 Å². The number of aldehydes is 1. The fraction of sp³-hybridized carbons (Fsp3) is 0.833. The fourth-order valence-corrected chi connectivity index (χ4v) is 0.703. The van der Waals surface area contributed by atoms with Crippen molar-refractivity contribution < 1.29 is 15.0 Å². The summed E-state index contributed by atoms with van der Waals surface area (Å²) in [6.07, 6.45) is -0.935. The van der Waals surface area contributed by atoms with Crippen LogP contribution in [0.4, 0.5) is 0 Å². The highest BCUT2D eigenvalue weighted by atomic mass is 16.3. The van der Waals surface area contributed by atoms with Crippen molar-refractivity contribution in [1.29, 1.82) is 0 Å². The van der Waals surface area contributed by atoms with Crippen molar-refractivity contribution in [3.8, 4) is 0 Å². The van der Waals surface area contributed by atoms with Gasteiger partial charge in [0.25, 0.3) is 0 Å². The lowest BCUT2D eigenvalue weighted by molar-refractivity contribution is -0.120. The van der Waals surface area contributed by atoms with Gasteiger partial charge in [0.1, 0.15) is 18.7 Å². The maximum absolute atomic E-state index is 9.96. The molecule has 0 heterocycles. The lowest BCUT2D eigenvalue weighted by atomic mass is 10.4. The molecule has 60 valence electrons. The van der Waals surface area contributed by atoms with Crippen LogP contribution in [-0.2, 0) is 4.79 Å². The SMILES string of the molecule is CC(O)N(CC=O)C(C)O. The molecule has 0 saturated heterocycles. The zero-order chi connectivity index (χ0) is 8.15. The lowest BCUT2D eigenvalue weighted by Crippen LogP contribution is -2.41. The van der Waals surface area contributed by atoms with Gasteiger partial charge in [0.2, 0.25) is 0 Å². The van der Waals surface area contributed by atoms with Crippen molar-refractivity contribution in [3.63, 3.8) is 0 Å². The van der Waals surface area contributed by atoms with Crippen LogP contribution in [0.25, 0.3) is 0 Å². The summed E-state index contributed by atoms with van der Waals surface area (Å²) in [6.45, 7) is 3.04. The van der Waals surface area contributed by atoms with Gasteiger partial charge in [-0.2, -0.15) is 0 Å². The number of hydrogen-bond acceptors (Lipinski definition) is 4. The van der Waals surface area contributed by atoms with E-state index in [2.05, 4.69) is 0 Å². The van der Waals surface area contributed by atoms with E-state index >= 15 is 0 Å². The van der Waals surface area contributed by atoms with Crippen LogP contribution in [-0.4, -0.2) is 40.4 Å². The molecule has 0 spiro atoms. The van der Waals surface area contributed by atoms with Crippen molar-refractivity contribution in [3.05, 3.63) is 0 Å². The van der Waals surface area contributed by atoms with Gasteiger partial charge < -0.3 is 15.0 Å². The molecular weight excluding hydrogens is 134 g/mol. The standard InChI is InChI=1S/C6H13NO3/c1-5(9)7(3-4-8)6(2)10/h4-6,9-10H,3H2,1-2H3. The molecule has 10 heavy (non-hydrogen) atoms. The van der Waals surface area contributed by atoms with Gasteiger partial charge in [-0.3, -0.25) is 0 Å². The molecule has 0 aromatic heterocycles. The molecule has 0 bridgehead atoms. The van der Waals surface area contributed by atoms with Gasteiger partial charge in [-0.05, 0) is 13.8 Å². The highest BCUT2D eigenvalue weighted by Crippen LogP contribution is 1.97. The number of aliphatic hydroxyl groups is 2. The van der Waals surface area contributed by atoms with Crippen molar-refractivity contribution in [2.75, 3.05) is 6.54 Å². The first-order chi connectivity index (χ1) is 4.59. The summed E-state index contributed by atoms with van der Waals surface area (Å²) in [6, 6.07) is 0. The molecule has 0 aliphatic rings. The molecule has 0 aliphatic carbocycles. The molecule has 4 heteroatoms. The number of nitrogens with zero attached hydrogens (tertiary/aromatic N) is 1. The first-order valence-corrected chi connectivity index (χ1v) is 3.15. The highest BCUT2D eigenvalue weighted by molar-refractivity contribution is 5.52. The number of aliphatic hydroxyl groups excluding tert-OH is 2. The maximum atomic E-state index is 9.96. The molecule has 0 aromatic rings. The van der Waals surface area contributed by atoms with Gasteiger partial charge in [-0.1, -0.05) is 0 Å². The summed E-state index contributed by atoms with van der Waals surface area (Å²) < 4.78 is 0. The van der Waals surface area contributed by atoms with E-state index in [1.165, 1.54) is 18.7 Å². The minimum Gasteiger partial charge on any atom is -0.379 e. The quantitative estimate of drug-likeness (QED) is 0.402. The van der Waals surface area contributed by atoms with Gasteiger partial charge in [0.15, 0.2) is 0 Å². The highest BCUT2D eigenvalue weighted by Gasteiger charge is 2.14. The molecular formula is C6H13NO3. The second-order valence-corrected chi connectivity index (χ2v) is 2.13. The molecule has 0 saturated carbocycles. The smallest absolute Gasteiger partial charge is 0.134 e. The number of carbonyl (C=O) groups is 1. The zero-order valence-electron chi connectivity index (χ0n) is 6.19. The molecule has 2 atom stereocenters. The first kappa shape index (κ1) is 9.55. The summed E-state index contributed by atoms with van der Waals surface area (Å²) in [5.74, 6) is 0. The molecule has 0 radical (unpaired) electrons. The Bertz CT molecular complexity index is 95.2. The molecule has 2 N–H and O–H groups in total. The summed E-state index contributed by atoms with van der Waals surface area (Å²) in [5.41, 5.74) is 0. The number of hydrogen-bond donors (Lipinski definition) is 2. The van der Waals surface area contributed by atoms with Crippen LogP contribution < -0.4 is 0 Å². The monoisotopic (exact) mass is 147 g/mol. The Hall–Kier alpha value is -0.450. The van der Waals surface area contributed by atoms with Gasteiger partial charge in [-0.25, -0.2) is 4.90 Å². The predicted octanol–water partition coefficient (Wildman–Crippen LogP) is -0.836. The second kappa shape index (κ2) is 4.38. The Morgan fingerprint density at radius 3 is 1.90 bits per heavy atom. The van der Waals surface area contributed by atoms with Crippen LogP contribution in [0.1, 0.15) is 13.8 Å². The Labute approximate surface area is 60.1 Å². The Morgan fingerprint density at radius 2 is 1.80 bits per heavy atom. The van der Waals surface area contributed by atoms with Crippen molar-refractivity contribution in [2.45, 2.75) is 26.3 Å². The van der Waals surface area contributed by atoms with Crippen LogP contribution >= 0.6 is 0 Å². The second-order valence-electron chi connectivity index (χ2n) is 2.13. The maximum Gasteiger partial charge on any atom is 0.134 e. The molecule has 4 nitrogen and oxygen atoms in total. The topological polar surface area (TPSA) is 60.8 Å². The third-order valence-electron chi connectivity index (χ3n) is 1.25. The van der Waals surface area contributed by atoms with E-state index in [4.69, 9.17) is 10.2 Å². The van der Waals surface area contributed by atoms with E-state index in [-0.39, 0.29) is 6.54 Å². The van der Waals surface area contributed by atoms with Crippen LogP contribution in [0.15, 0.2) is 0 Å². The third kappa shape index (κ3) is 2.91. The predicted molar refractivity (Wildman–Crippen MR) is 36.1 cm³/mol. The zero-order valence-corrected chi connectivity index (χ0v) is 6.19. The van der Waals surface area contributed by atoms with Crippen LogP contribution in [0.5, 0.6) is 0 Å². The Morgan fingerprint density at radius 1 is 1.40 bits per heavy atom. The average Bonchev–Trinajstić information content (AvgIpc) is 1.81. The lowest BCUT2D eigenvalue weighted by Gasteiger charge is -2.25. The summed E-state index contributed by atoms with van der Waals surface area (Å²) in [5, 5.41) is 17.8. The van der Waals surface area contributed by atoms with Crippen LogP contribution in [0.2, 0.25) is 0 Å². The minimum absolute atomic E-state index is 0.0509. The normalized spacial score (nSPS) is 16.9. The van der Waals surface area contributed by atoms with E-state index in [9.17, 15) is 4.79 Å². The van der Waals surface area contributed by atoms with Crippen LogP contribution in [0.3, 0.4) is 0 Å². The van der Waals surface area contributed by atoms with E-state index in [1.54, 1.807) is 0 Å². The summed E-state index contributed by atoms with van der Waals surface area (Å²) in [4.78, 5) is 11.2. The van der Waals surface area contributed by atoms with E-state index in [1.807, 2.05) is 0 Å². The number of carbonyl (C=O) groups excluding carboxylic acids is 1. The summed E-state index contributed by atoms with van der Waals surface area (Å²) >= 11 is 0. The first-order valence-electron chi connectivity index (χ1n) is 3.15. The minimum atomic E-state index is -0.787. The van der Waals surface area contributed by atoms with Gasteiger partial charge in [0, 0.05) is 0 Å². The Balaban J connectivity index is 3.84. The molecule has 0 aromatic carbocycles. The molecule has 2 unspecified atom stereocenters. The van der Waals surface area contributed by atoms with Crippen molar-refractivity contribution in [2.24, 2.45) is 0 Å². The molecule has 0 rings (SSSR count). The molecule has 0 fully saturated rings. The van der Waals surface area contributed by atoms with E-state index < -0.39 is 12.5 Å². The average molecular weight is 147 g/mol. The molecule has 0 aliphatic heterocycles. The Kier molecular flexibility index (Phi) is 4.18. The van der Waals surface area contributed by atoms with E-state index in [0.29, 0.717) is 6.29 Å². The largest absolute Gasteiger partial charge is 0.379 e. The fourth-order valence-electron chi connectivity index (χ4n) is 0.703. The van der Waals surface area contributed by atoms with Gasteiger partial charge >= 0.3 is 0 Å². The third-order valence-corrected chi connectivity index (χ3v) is 1.25.